The third-order valence-corrected chi connectivity index (χ3v) is 4.92. The van der Waals surface area contributed by atoms with Gasteiger partial charge in [0.05, 0.1) is 7.05 Å². The maximum atomic E-state index is 12.1. The van der Waals surface area contributed by atoms with E-state index in [9.17, 15) is 9.59 Å². The van der Waals surface area contributed by atoms with Crippen molar-refractivity contribution in [3.8, 4) is 11.5 Å². The molecular formula is C20H24N3O4S+. The summed E-state index contributed by atoms with van der Waals surface area (Å²) < 4.78 is 10.9. The van der Waals surface area contributed by atoms with E-state index in [4.69, 9.17) is 9.47 Å². The van der Waals surface area contributed by atoms with Gasteiger partial charge in [0.25, 0.3) is 5.91 Å². The molecule has 3 rings (SSSR count). The molecule has 0 fully saturated rings. The maximum Gasteiger partial charge on any atom is 0.326 e. The fourth-order valence-corrected chi connectivity index (χ4v) is 3.29. The highest BCUT2D eigenvalue weighted by molar-refractivity contribution is 7.98. The van der Waals surface area contributed by atoms with Crippen molar-refractivity contribution in [2.75, 3.05) is 38.4 Å². The van der Waals surface area contributed by atoms with Crippen LogP contribution in [0.4, 0.5) is 10.5 Å². The highest BCUT2D eigenvalue weighted by Gasteiger charge is 2.16. The summed E-state index contributed by atoms with van der Waals surface area (Å²) in [6.45, 7) is 1.87. The Hall–Kier alpha value is -2.71. The van der Waals surface area contributed by atoms with Gasteiger partial charge in [-0.3, -0.25) is 10.1 Å². The average molecular weight is 402 g/mol. The zero-order valence-electron chi connectivity index (χ0n) is 15.9. The van der Waals surface area contributed by atoms with E-state index in [1.165, 1.54) is 4.90 Å². The van der Waals surface area contributed by atoms with Crippen LogP contribution in [0.25, 0.3) is 0 Å². The Morgan fingerprint density at radius 2 is 1.79 bits per heavy atom. The van der Waals surface area contributed by atoms with Crippen molar-refractivity contribution in [2.24, 2.45) is 0 Å². The van der Waals surface area contributed by atoms with Crippen molar-refractivity contribution >= 4 is 29.4 Å². The number of fused-ring (bicyclic) bond motifs is 1. The van der Waals surface area contributed by atoms with E-state index < -0.39 is 6.03 Å². The number of quaternary nitrogens is 1. The van der Waals surface area contributed by atoms with E-state index in [0.29, 0.717) is 36.9 Å². The van der Waals surface area contributed by atoms with Crippen molar-refractivity contribution in [1.82, 2.24) is 5.32 Å². The molecule has 1 atom stereocenters. The second-order valence-electron chi connectivity index (χ2n) is 6.52. The number of imide groups is 1. The standard InChI is InChI=1S/C20H23N3O4S/c1-23(12-14-3-6-16(28-2)7-4-14)13-19(24)22-20(25)21-15-5-8-17-18(11-15)27-10-9-26-17/h3-8,11H,9-10,12-13H2,1-2H3,(H2,21,22,24,25)/p+1. The number of anilines is 1. The first-order valence-corrected chi connectivity index (χ1v) is 10.2. The Labute approximate surface area is 168 Å². The number of urea groups is 1. The summed E-state index contributed by atoms with van der Waals surface area (Å²) in [5, 5.41) is 5.00. The molecule has 0 spiro atoms. The van der Waals surface area contributed by atoms with Gasteiger partial charge in [0.1, 0.15) is 19.8 Å². The summed E-state index contributed by atoms with van der Waals surface area (Å²) in [7, 11) is 1.92. The van der Waals surface area contributed by atoms with Crippen molar-refractivity contribution in [1.29, 1.82) is 0 Å². The van der Waals surface area contributed by atoms with Crippen molar-refractivity contribution in [3.05, 3.63) is 48.0 Å². The van der Waals surface area contributed by atoms with Gasteiger partial charge >= 0.3 is 6.03 Å². The average Bonchev–Trinajstić information content (AvgIpc) is 2.68. The van der Waals surface area contributed by atoms with Gasteiger partial charge in [-0.15, -0.1) is 11.8 Å². The fourth-order valence-electron chi connectivity index (χ4n) is 2.88. The molecule has 0 saturated carbocycles. The molecule has 148 valence electrons. The molecule has 1 heterocycles. The smallest absolute Gasteiger partial charge is 0.326 e. The van der Waals surface area contributed by atoms with Crippen LogP contribution in [0.1, 0.15) is 5.56 Å². The second kappa shape index (κ2) is 9.48. The van der Waals surface area contributed by atoms with Gasteiger partial charge in [-0.1, -0.05) is 12.1 Å². The molecule has 0 bridgehead atoms. The predicted octanol–water partition coefficient (Wildman–Crippen LogP) is 1.54. The van der Waals surface area contributed by atoms with Gasteiger partial charge in [-0.25, -0.2) is 4.79 Å². The van der Waals surface area contributed by atoms with Crippen LogP contribution in [-0.2, 0) is 11.3 Å². The molecule has 0 aliphatic carbocycles. The number of hydrogen-bond donors (Lipinski definition) is 3. The second-order valence-corrected chi connectivity index (χ2v) is 7.40. The van der Waals surface area contributed by atoms with Gasteiger partial charge in [0, 0.05) is 22.2 Å². The quantitative estimate of drug-likeness (QED) is 0.639. The molecule has 8 heteroatoms. The largest absolute Gasteiger partial charge is 0.486 e. The summed E-state index contributed by atoms with van der Waals surface area (Å²) in [6, 6.07) is 12.8. The fraction of sp³-hybridized carbons (Fsp3) is 0.300. The number of likely N-dealkylation sites (N-methyl/N-ethyl adjacent to an activating group) is 1. The number of nitrogens with one attached hydrogen (secondary N) is 3. The van der Waals surface area contributed by atoms with Crippen molar-refractivity contribution < 1.29 is 24.0 Å². The number of carbonyl (C=O) groups is 2. The Morgan fingerprint density at radius 3 is 2.50 bits per heavy atom. The topological polar surface area (TPSA) is 81.1 Å². The van der Waals surface area contributed by atoms with Crippen LogP contribution >= 0.6 is 11.8 Å². The summed E-state index contributed by atoms with van der Waals surface area (Å²) in [6.07, 6.45) is 2.03. The minimum Gasteiger partial charge on any atom is -0.486 e. The summed E-state index contributed by atoms with van der Waals surface area (Å²) in [5.41, 5.74) is 1.67. The lowest BCUT2D eigenvalue weighted by molar-refractivity contribution is -0.885. The summed E-state index contributed by atoms with van der Waals surface area (Å²) in [5.74, 6) is 0.879. The molecule has 1 aliphatic heterocycles. The van der Waals surface area contributed by atoms with Crippen LogP contribution in [0.15, 0.2) is 47.4 Å². The molecule has 0 saturated heterocycles. The highest BCUT2D eigenvalue weighted by atomic mass is 32.2. The number of hydrogen-bond acceptors (Lipinski definition) is 5. The van der Waals surface area contributed by atoms with Crippen LogP contribution in [0.2, 0.25) is 0 Å². The third-order valence-electron chi connectivity index (χ3n) is 4.18. The lowest BCUT2D eigenvalue weighted by Gasteiger charge is -2.19. The number of rotatable bonds is 6. The molecule has 1 unspecified atom stereocenters. The molecule has 0 aromatic heterocycles. The molecule has 3 amide bonds. The van der Waals surface area contributed by atoms with E-state index in [0.717, 1.165) is 10.5 Å². The molecular weight excluding hydrogens is 378 g/mol. The maximum absolute atomic E-state index is 12.1. The first-order chi connectivity index (χ1) is 13.5. The Kier molecular flexibility index (Phi) is 6.78. The monoisotopic (exact) mass is 402 g/mol. The number of ether oxygens (including phenoxy) is 2. The first kappa shape index (κ1) is 20.0. The zero-order chi connectivity index (χ0) is 19.9. The number of benzene rings is 2. The molecule has 2 aromatic rings. The lowest BCUT2D eigenvalue weighted by Crippen LogP contribution is -3.09. The summed E-state index contributed by atoms with van der Waals surface area (Å²) >= 11 is 1.69. The van der Waals surface area contributed by atoms with Gasteiger partial charge in [-0.2, -0.15) is 0 Å². The molecule has 0 radical (unpaired) electrons. The van der Waals surface area contributed by atoms with E-state index in [1.54, 1.807) is 30.0 Å². The molecule has 1 aliphatic rings. The first-order valence-electron chi connectivity index (χ1n) is 8.98. The molecule has 3 N–H and O–H groups in total. The van der Waals surface area contributed by atoms with Gasteiger partial charge in [-0.05, 0) is 30.5 Å². The van der Waals surface area contributed by atoms with Gasteiger partial charge < -0.3 is 19.7 Å². The molecule has 7 nitrogen and oxygen atoms in total. The summed E-state index contributed by atoms with van der Waals surface area (Å²) in [4.78, 5) is 26.4. The van der Waals surface area contributed by atoms with Gasteiger partial charge in [0.2, 0.25) is 0 Å². The predicted molar refractivity (Wildman–Crippen MR) is 108 cm³/mol. The number of amides is 3. The van der Waals surface area contributed by atoms with Crippen LogP contribution in [0.3, 0.4) is 0 Å². The van der Waals surface area contributed by atoms with Crippen LogP contribution < -0.4 is 25.0 Å². The molecule has 2 aromatic carbocycles. The number of thioether (sulfide) groups is 1. The number of carbonyl (C=O) groups excluding carboxylic acids is 2. The van der Waals surface area contributed by atoms with Crippen LogP contribution in [-0.4, -0.2) is 45.0 Å². The van der Waals surface area contributed by atoms with Crippen molar-refractivity contribution in [3.63, 3.8) is 0 Å². The zero-order valence-corrected chi connectivity index (χ0v) is 16.7. The third kappa shape index (κ3) is 5.64. The van der Waals surface area contributed by atoms with E-state index >= 15 is 0 Å². The van der Waals surface area contributed by atoms with E-state index in [2.05, 4.69) is 34.9 Å². The molecule has 28 heavy (non-hydrogen) atoms. The minimum atomic E-state index is -0.571. The normalized spacial score (nSPS) is 13.5. The lowest BCUT2D eigenvalue weighted by atomic mass is 10.2. The Bertz CT molecular complexity index is 842. The van der Waals surface area contributed by atoms with Gasteiger partial charge in [0.15, 0.2) is 18.0 Å². The minimum absolute atomic E-state index is 0.193. The SMILES string of the molecule is CSc1ccc(C[NH+](C)CC(=O)NC(=O)Nc2ccc3c(c2)OCCO3)cc1. The van der Waals surface area contributed by atoms with Crippen LogP contribution in [0, 0.1) is 0 Å². The Morgan fingerprint density at radius 1 is 1.07 bits per heavy atom. The van der Waals surface area contributed by atoms with Crippen molar-refractivity contribution in [2.45, 2.75) is 11.4 Å². The Balaban J connectivity index is 1.46. The van der Waals surface area contributed by atoms with Crippen LogP contribution in [0.5, 0.6) is 11.5 Å². The van der Waals surface area contributed by atoms with E-state index in [-0.39, 0.29) is 12.5 Å². The highest BCUT2D eigenvalue weighted by Crippen LogP contribution is 2.32. The van der Waals surface area contributed by atoms with E-state index in [1.807, 2.05) is 13.3 Å².